The maximum Gasteiger partial charge on any atom is 0.338 e. The summed E-state index contributed by atoms with van der Waals surface area (Å²) in [4.78, 5) is 35.6. The SMILES string of the molecule is CC(C)COc1ccc(C(=O)OCC(=O)NNC(=O)c2ccc(Cl)cc2)cc1. The minimum atomic E-state index is -0.674. The van der Waals surface area contributed by atoms with Gasteiger partial charge in [-0.05, 0) is 54.4 Å². The van der Waals surface area contributed by atoms with Crippen molar-refractivity contribution in [3.8, 4) is 5.75 Å². The topological polar surface area (TPSA) is 93.7 Å². The van der Waals surface area contributed by atoms with Crippen LogP contribution in [0, 0.1) is 5.92 Å². The Labute approximate surface area is 167 Å². The average Bonchev–Trinajstić information content (AvgIpc) is 2.69. The van der Waals surface area contributed by atoms with Gasteiger partial charge >= 0.3 is 5.97 Å². The van der Waals surface area contributed by atoms with Crippen molar-refractivity contribution in [1.82, 2.24) is 10.9 Å². The van der Waals surface area contributed by atoms with Crippen molar-refractivity contribution in [3.05, 3.63) is 64.7 Å². The number of hydrogen-bond acceptors (Lipinski definition) is 5. The second-order valence-electron chi connectivity index (χ2n) is 6.31. The zero-order valence-electron chi connectivity index (χ0n) is 15.5. The summed E-state index contributed by atoms with van der Waals surface area (Å²) in [6.45, 7) is 4.11. The third-order valence-electron chi connectivity index (χ3n) is 3.43. The monoisotopic (exact) mass is 404 g/mol. The van der Waals surface area contributed by atoms with Crippen molar-refractivity contribution in [2.75, 3.05) is 13.2 Å². The van der Waals surface area contributed by atoms with Crippen molar-refractivity contribution in [1.29, 1.82) is 0 Å². The summed E-state index contributed by atoms with van der Waals surface area (Å²) < 4.78 is 10.5. The maximum absolute atomic E-state index is 12.0. The molecule has 2 rings (SSSR count). The third-order valence-corrected chi connectivity index (χ3v) is 3.68. The van der Waals surface area contributed by atoms with Crippen molar-refractivity contribution >= 4 is 29.4 Å². The molecule has 0 radical (unpaired) electrons. The van der Waals surface area contributed by atoms with E-state index in [0.29, 0.717) is 28.9 Å². The highest BCUT2D eigenvalue weighted by molar-refractivity contribution is 6.30. The van der Waals surface area contributed by atoms with E-state index in [-0.39, 0.29) is 5.56 Å². The molecule has 148 valence electrons. The molecule has 2 N–H and O–H groups in total. The van der Waals surface area contributed by atoms with Crippen LogP contribution in [0.15, 0.2) is 48.5 Å². The van der Waals surface area contributed by atoms with Crippen LogP contribution in [0.4, 0.5) is 0 Å². The van der Waals surface area contributed by atoms with Crippen LogP contribution in [0.5, 0.6) is 5.75 Å². The van der Waals surface area contributed by atoms with Gasteiger partial charge in [0.2, 0.25) is 0 Å². The Morgan fingerprint density at radius 2 is 1.54 bits per heavy atom. The number of halogens is 1. The van der Waals surface area contributed by atoms with Gasteiger partial charge in [0.1, 0.15) is 5.75 Å². The predicted octanol–water partition coefficient (Wildman–Crippen LogP) is 2.99. The largest absolute Gasteiger partial charge is 0.493 e. The fourth-order valence-corrected chi connectivity index (χ4v) is 2.13. The Morgan fingerprint density at radius 3 is 2.14 bits per heavy atom. The summed E-state index contributed by atoms with van der Waals surface area (Å²) in [6.07, 6.45) is 0. The number of carbonyl (C=O) groups is 3. The van der Waals surface area contributed by atoms with Gasteiger partial charge in [0.25, 0.3) is 11.8 Å². The Hall–Kier alpha value is -3.06. The molecule has 0 saturated heterocycles. The molecule has 0 unspecified atom stereocenters. The van der Waals surface area contributed by atoms with Crippen LogP contribution < -0.4 is 15.6 Å². The number of nitrogens with one attached hydrogen (secondary N) is 2. The van der Waals surface area contributed by atoms with Crippen molar-refractivity contribution in [3.63, 3.8) is 0 Å². The Bertz CT molecular complexity index is 819. The number of esters is 1. The number of rotatable bonds is 7. The fourth-order valence-electron chi connectivity index (χ4n) is 2.00. The molecular formula is C20H21ClN2O5. The van der Waals surface area contributed by atoms with E-state index in [9.17, 15) is 14.4 Å². The summed E-state index contributed by atoms with van der Waals surface area (Å²) in [7, 11) is 0. The van der Waals surface area contributed by atoms with Crippen molar-refractivity contribution in [2.45, 2.75) is 13.8 Å². The van der Waals surface area contributed by atoms with Crippen LogP contribution in [0.25, 0.3) is 0 Å². The van der Waals surface area contributed by atoms with Crippen LogP contribution in [-0.2, 0) is 9.53 Å². The van der Waals surface area contributed by atoms with E-state index in [1.165, 1.54) is 12.1 Å². The first-order valence-electron chi connectivity index (χ1n) is 8.60. The molecule has 28 heavy (non-hydrogen) atoms. The van der Waals surface area contributed by atoms with E-state index in [1.54, 1.807) is 36.4 Å². The van der Waals surface area contributed by atoms with Crippen LogP contribution >= 0.6 is 11.6 Å². The van der Waals surface area contributed by atoms with Gasteiger partial charge in [0, 0.05) is 10.6 Å². The highest BCUT2D eigenvalue weighted by Gasteiger charge is 2.12. The smallest absolute Gasteiger partial charge is 0.338 e. The first kappa shape index (κ1) is 21.2. The Kier molecular flexibility index (Phi) is 7.83. The molecule has 0 atom stereocenters. The quantitative estimate of drug-likeness (QED) is 0.546. The lowest BCUT2D eigenvalue weighted by Crippen LogP contribution is -2.43. The molecule has 0 fully saturated rings. The molecular weight excluding hydrogens is 384 g/mol. The normalized spacial score (nSPS) is 10.3. The second kappa shape index (κ2) is 10.3. The van der Waals surface area contributed by atoms with Crippen LogP contribution in [0.1, 0.15) is 34.6 Å². The molecule has 0 heterocycles. The number of hydrogen-bond donors (Lipinski definition) is 2. The van der Waals surface area contributed by atoms with E-state index in [4.69, 9.17) is 21.1 Å². The molecule has 2 amide bonds. The summed E-state index contributed by atoms with van der Waals surface area (Å²) in [5.74, 6) is -0.813. The predicted molar refractivity (Wildman–Crippen MR) is 104 cm³/mol. The van der Waals surface area contributed by atoms with Crippen molar-refractivity contribution in [2.24, 2.45) is 5.92 Å². The van der Waals surface area contributed by atoms with Gasteiger partial charge in [-0.2, -0.15) is 0 Å². The Morgan fingerprint density at radius 1 is 0.929 bits per heavy atom. The van der Waals surface area contributed by atoms with Crippen LogP contribution in [-0.4, -0.2) is 31.0 Å². The molecule has 0 aromatic heterocycles. The van der Waals surface area contributed by atoms with E-state index >= 15 is 0 Å². The average molecular weight is 405 g/mol. The number of amides is 2. The molecule has 0 aliphatic heterocycles. The number of carbonyl (C=O) groups excluding carboxylic acids is 3. The summed E-state index contributed by atoms with van der Waals surface area (Å²) in [5.41, 5.74) is 5.00. The van der Waals surface area contributed by atoms with Gasteiger partial charge in [-0.15, -0.1) is 0 Å². The fraction of sp³-hybridized carbons (Fsp3) is 0.250. The zero-order valence-corrected chi connectivity index (χ0v) is 16.3. The molecule has 8 heteroatoms. The highest BCUT2D eigenvalue weighted by atomic mass is 35.5. The third kappa shape index (κ3) is 6.92. The molecule has 0 aliphatic carbocycles. The minimum Gasteiger partial charge on any atom is -0.493 e. The van der Waals surface area contributed by atoms with Gasteiger partial charge in [-0.3, -0.25) is 20.4 Å². The maximum atomic E-state index is 12.0. The van der Waals surface area contributed by atoms with E-state index in [2.05, 4.69) is 10.9 Å². The first-order chi connectivity index (χ1) is 13.3. The van der Waals surface area contributed by atoms with Gasteiger partial charge in [0.05, 0.1) is 12.2 Å². The molecule has 2 aromatic carbocycles. The first-order valence-corrected chi connectivity index (χ1v) is 8.97. The summed E-state index contributed by atoms with van der Waals surface area (Å²) >= 11 is 5.75. The second-order valence-corrected chi connectivity index (χ2v) is 6.75. The van der Waals surface area contributed by atoms with E-state index in [1.807, 2.05) is 13.8 Å². The standard InChI is InChI=1S/C20H21ClN2O5/c1-13(2)11-27-17-9-5-15(6-10-17)20(26)28-12-18(24)22-23-19(25)14-3-7-16(21)8-4-14/h3-10,13H,11-12H2,1-2H3,(H,22,24)(H,23,25). The molecule has 0 saturated carbocycles. The summed E-state index contributed by atoms with van der Waals surface area (Å²) in [5, 5.41) is 0.493. The Balaban J connectivity index is 1.75. The van der Waals surface area contributed by atoms with Crippen LogP contribution in [0.3, 0.4) is 0 Å². The lowest BCUT2D eigenvalue weighted by Gasteiger charge is -2.10. The highest BCUT2D eigenvalue weighted by Crippen LogP contribution is 2.14. The molecule has 0 aliphatic rings. The number of hydrazine groups is 1. The number of ether oxygens (including phenoxy) is 2. The lowest BCUT2D eigenvalue weighted by molar-refractivity contribution is -0.125. The van der Waals surface area contributed by atoms with Gasteiger partial charge < -0.3 is 9.47 Å². The van der Waals surface area contributed by atoms with Gasteiger partial charge in [-0.1, -0.05) is 25.4 Å². The molecule has 2 aromatic rings. The van der Waals surface area contributed by atoms with Gasteiger partial charge in [-0.25, -0.2) is 4.79 Å². The van der Waals surface area contributed by atoms with Gasteiger partial charge in [0.15, 0.2) is 6.61 Å². The zero-order chi connectivity index (χ0) is 20.5. The van der Waals surface area contributed by atoms with E-state index in [0.717, 1.165) is 0 Å². The van der Waals surface area contributed by atoms with Crippen LogP contribution in [0.2, 0.25) is 5.02 Å². The minimum absolute atomic E-state index is 0.287. The number of benzene rings is 2. The lowest BCUT2D eigenvalue weighted by atomic mass is 10.2. The van der Waals surface area contributed by atoms with Crippen molar-refractivity contribution < 1.29 is 23.9 Å². The summed E-state index contributed by atoms with van der Waals surface area (Å²) in [6, 6.07) is 12.6. The molecule has 0 spiro atoms. The molecule has 7 nitrogen and oxygen atoms in total. The molecule has 0 bridgehead atoms. The van der Waals surface area contributed by atoms with E-state index < -0.39 is 24.4 Å².